The fourth-order valence-corrected chi connectivity index (χ4v) is 1.56. The third kappa shape index (κ3) is 2.13. The van der Waals surface area contributed by atoms with Crippen LogP contribution in [-0.4, -0.2) is 16.6 Å². The SMILES string of the molecule is CC1=NN(c2ccc(NSF)cn2)C(=O)C1. The van der Waals surface area contributed by atoms with E-state index in [1.54, 1.807) is 19.1 Å². The lowest BCUT2D eigenvalue weighted by Gasteiger charge is -2.10. The Morgan fingerprint density at radius 2 is 2.38 bits per heavy atom. The van der Waals surface area contributed by atoms with Gasteiger partial charge in [0.2, 0.25) is 0 Å². The van der Waals surface area contributed by atoms with Crippen LogP contribution in [0.4, 0.5) is 15.4 Å². The van der Waals surface area contributed by atoms with Crippen LogP contribution in [0.1, 0.15) is 13.3 Å². The van der Waals surface area contributed by atoms with Gasteiger partial charge in [0.25, 0.3) is 5.91 Å². The number of anilines is 2. The molecular formula is C9H9FN4OS. The molecule has 1 aromatic heterocycles. The topological polar surface area (TPSA) is 57.6 Å². The Hall–Kier alpha value is -1.63. The van der Waals surface area contributed by atoms with Crippen LogP contribution in [0.2, 0.25) is 0 Å². The average molecular weight is 240 g/mol. The highest BCUT2D eigenvalue weighted by Gasteiger charge is 2.23. The maximum atomic E-state index is 11.9. The molecular weight excluding hydrogens is 231 g/mol. The molecule has 7 heteroatoms. The predicted octanol–water partition coefficient (Wildman–Crippen LogP) is 2.14. The van der Waals surface area contributed by atoms with Crippen molar-refractivity contribution in [2.24, 2.45) is 5.10 Å². The maximum Gasteiger partial charge on any atom is 0.254 e. The van der Waals surface area contributed by atoms with Crippen molar-refractivity contribution in [3.05, 3.63) is 18.3 Å². The van der Waals surface area contributed by atoms with Crippen molar-refractivity contribution in [1.29, 1.82) is 0 Å². The second-order valence-corrected chi connectivity index (χ2v) is 3.66. The highest BCUT2D eigenvalue weighted by atomic mass is 32.2. The third-order valence-corrected chi connectivity index (χ3v) is 2.35. The van der Waals surface area contributed by atoms with E-state index >= 15 is 0 Å². The van der Waals surface area contributed by atoms with Gasteiger partial charge in [-0.05, 0) is 19.1 Å². The molecule has 1 amide bonds. The molecule has 0 radical (unpaired) electrons. The van der Waals surface area contributed by atoms with Crippen LogP contribution < -0.4 is 9.73 Å². The van der Waals surface area contributed by atoms with Crippen molar-refractivity contribution in [3.63, 3.8) is 0 Å². The summed E-state index contributed by atoms with van der Waals surface area (Å²) in [5, 5.41) is 5.31. The van der Waals surface area contributed by atoms with E-state index in [9.17, 15) is 8.68 Å². The molecule has 5 nitrogen and oxygen atoms in total. The van der Waals surface area contributed by atoms with Crippen molar-refractivity contribution >= 4 is 35.5 Å². The molecule has 0 atom stereocenters. The number of nitrogens with one attached hydrogen (secondary N) is 1. The molecule has 1 aromatic rings. The van der Waals surface area contributed by atoms with E-state index in [0.717, 1.165) is 5.71 Å². The summed E-state index contributed by atoms with van der Waals surface area (Å²) in [5.41, 5.74) is 1.29. The quantitative estimate of drug-likeness (QED) is 0.822. The number of rotatable bonds is 3. The predicted molar refractivity (Wildman–Crippen MR) is 61.8 cm³/mol. The van der Waals surface area contributed by atoms with E-state index in [1.807, 2.05) is 0 Å². The molecule has 0 saturated heterocycles. The molecule has 2 heterocycles. The first-order valence-corrected chi connectivity index (χ1v) is 5.29. The van der Waals surface area contributed by atoms with Crippen molar-refractivity contribution in [2.45, 2.75) is 13.3 Å². The Morgan fingerprint density at radius 3 is 2.88 bits per heavy atom. The van der Waals surface area contributed by atoms with Crippen molar-refractivity contribution in [1.82, 2.24) is 4.98 Å². The summed E-state index contributed by atoms with van der Waals surface area (Å²) in [6.45, 7) is 1.79. The second kappa shape index (κ2) is 4.48. The Labute approximate surface area is 96.2 Å². The molecule has 0 aromatic carbocycles. The normalized spacial score (nSPS) is 15.2. The minimum Gasteiger partial charge on any atom is -0.301 e. The molecule has 0 aliphatic carbocycles. The highest BCUT2D eigenvalue weighted by molar-refractivity contribution is 7.95. The van der Waals surface area contributed by atoms with Gasteiger partial charge in [-0.15, -0.1) is 3.89 Å². The van der Waals surface area contributed by atoms with Crippen molar-refractivity contribution in [3.8, 4) is 0 Å². The monoisotopic (exact) mass is 240 g/mol. The van der Waals surface area contributed by atoms with E-state index in [1.165, 1.54) is 11.2 Å². The Kier molecular flexibility index (Phi) is 3.04. The lowest BCUT2D eigenvalue weighted by Crippen LogP contribution is -2.20. The van der Waals surface area contributed by atoms with Crippen molar-refractivity contribution in [2.75, 3.05) is 9.73 Å². The number of amides is 1. The van der Waals surface area contributed by atoms with Gasteiger partial charge in [0, 0.05) is 5.71 Å². The first-order chi connectivity index (χ1) is 7.70. The fourth-order valence-electron chi connectivity index (χ4n) is 1.35. The molecule has 16 heavy (non-hydrogen) atoms. The first-order valence-electron chi connectivity index (χ1n) is 4.57. The summed E-state index contributed by atoms with van der Waals surface area (Å²) in [6.07, 6.45) is 1.76. The highest BCUT2D eigenvalue weighted by Crippen LogP contribution is 2.20. The zero-order valence-electron chi connectivity index (χ0n) is 8.48. The van der Waals surface area contributed by atoms with E-state index in [-0.39, 0.29) is 18.2 Å². The average Bonchev–Trinajstić information content (AvgIpc) is 2.59. The summed E-state index contributed by atoms with van der Waals surface area (Å²) in [7, 11) is 0. The number of nitrogens with zero attached hydrogens (tertiary/aromatic N) is 3. The van der Waals surface area contributed by atoms with Gasteiger partial charge in [-0.3, -0.25) is 4.79 Å². The van der Waals surface area contributed by atoms with Crippen LogP contribution >= 0.6 is 12.3 Å². The molecule has 1 aliphatic rings. The molecule has 1 N–H and O–H groups in total. The van der Waals surface area contributed by atoms with E-state index in [4.69, 9.17) is 0 Å². The number of pyridine rings is 1. The second-order valence-electron chi connectivity index (χ2n) is 3.30. The lowest BCUT2D eigenvalue weighted by molar-refractivity contribution is -0.116. The van der Waals surface area contributed by atoms with Crippen LogP contribution in [0.25, 0.3) is 0 Å². The van der Waals surface area contributed by atoms with E-state index in [2.05, 4.69) is 14.8 Å². The summed E-state index contributed by atoms with van der Waals surface area (Å²) < 4.78 is 14.3. The number of hydrogen-bond acceptors (Lipinski definition) is 5. The third-order valence-electron chi connectivity index (χ3n) is 2.04. The summed E-state index contributed by atoms with van der Waals surface area (Å²) in [6, 6.07) is 3.24. The van der Waals surface area contributed by atoms with Crippen LogP contribution in [0, 0.1) is 0 Å². The first kappa shape index (κ1) is 10.9. The van der Waals surface area contributed by atoms with Gasteiger partial charge in [-0.1, -0.05) is 0 Å². The molecule has 0 bridgehead atoms. The van der Waals surface area contributed by atoms with Crippen LogP contribution in [0.5, 0.6) is 0 Å². The minimum absolute atomic E-state index is 0.00432. The fraction of sp³-hybridized carbons (Fsp3) is 0.222. The number of aromatic nitrogens is 1. The van der Waals surface area contributed by atoms with E-state index < -0.39 is 0 Å². The molecule has 0 saturated carbocycles. The number of carbonyl (C=O) groups is 1. The Balaban J connectivity index is 2.19. The number of halogens is 1. The summed E-state index contributed by atoms with van der Waals surface area (Å²) in [4.78, 5) is 15.5. The zero-order valence-corrected chi connectivity index (χ0v) is 9.29. The molecule has 0 fully saturated rings. The molecule has 0 spiro atoms. The van der Waals surface area contributed by atoms with Crippen molar-refractivity contribution < 1.29 is 8.68 Å². The van der Waals surface area contributed by atoms with Gasteiger partial charge in [0.1, 0.15) is 0 Å². The van der Waals surface area contributed by atoms with Crippen LogP contribution in [-0.2, 0) is 4.79 Å². The Morgan fingerprint density at radius 1 is 1.56 bits per heavy atom. The van der Waals surface area contributed by atoms with Gasteiger partial charge in [-0.25, -0.2) is 4.98 Å². The van der Waals surface area contributed by atoms with Gasteiger partial charge < -0.3 is 4.72 Å². The standard InChI is InChI=1S/C9H9FN4OS/c1-6-4-9(15)14(12-6)8-3-2-7(5-11-8)13-16-10/h2-3,5,13H,4H2,1H3. The summed E-state index contributed by atoms with van der Waals surface area (Å²) >= 11 is -0.00432. The van der Waals surface area contributed by atoms with Gasteiger partial charge in [0.05, 0.1) is 18.3 Å². The number of carbonyl (C=O) groups excluding carboxylic acids is 1. The number of hydrazone groups is 1. The largest absolute Gasteiger partial charge is 0.301 e. The van der Waals surface area contributed by atoms with Gasteiger partial charge in [0.15, 0.2) is 18.2 Å². The van der Waals surface area contributed by atoms with E-state index in [0.29, 0.717) is 17.9 Å². The molecule has 0 unspecified atom stereocenters. The molecule has 84 valence electrons. The zero-order chi connectivity index (χ0) is 11.5. The summed E-state index contributed by atoms with van der Waals surface area (Å²) in [5.74, 6) is 0.335. The maximum absolute atomic E-state index is 11.9. The number of hydrogen-bond donors (Lipinski definition) is 1. The smallest absolute Gasteiger partial charge is 0.254 e. The van der Waals surface area contributed by atoms with Gasteiger partial charge in [-0.2, -0.15) is 10.1 Å². The Bertz CT molecular complexity index is 434. The minimum atomic E-state index is -0.106. The molecule has 2 rings (SSSR count). The van der Waals surface area contributed by atoms with Gasteiger partial charge >= 0.3 is 0 Å². The molecule has 1 aliphatic heterocycles. The lowest BCUT2D eigenvalue weighted by atomic mass is 10.3. The van der Waals surface area contributed by atoms with Crippen LogP contribution in [0.3, 0.4) is 0 Å². The van der Waals surface area contributed by atoms with Crippen LogP contribution in [0.15, 0.2) is 23.4 Å².